The summed E-state index contributed by atoms with van der Waals surface area (Å²) >= 11 is 1.74. The zero-order valence-corrected chi connectivity index (χ0v) is 15.3. The van der Waals surface area contributed by atoms with E-state index in [1.807, 2.05) is 23.1 Å². The highest BCUT2D eigenvalue weighted by molar-refractivity contribution is 7.18. The first-order chi connectivity index (χ1) is 13.3. The van der Waals surface area contributed by atoms with E-state index in [2.05, 4.69) is 26.9 Å². The molecule has 2 aromatic carbocycles. The first-order valence-corrected chi connectivity index (χ1v) is 9.63. The van der Waals surface area contributed by atoms with E-state index in [1.54, 1.807) is 17.4 Å². The number of aliphatic imine (C=N–C) groups is 1. The molecule has 0 unspecified atom stereocenters. The number of halogens is 1. The molecule has 0 bridgehead atoms. The van der Waals surface area contributed by atoms with Gasteiger partial charge in [0.25, 0.3) is 0 Å². The molecule has 136 valence electrons. The summed E-state index contributed by atoms with van der Waals surface area (Å²) in [4.78, 5) is 11.3. The number of nitrogens with one attached hydrogen (secondary N) is 2. The first-order valence-electron chi connectivity index (χ1n) is 8.82. The van der Waals surface area contributed by atoms with Gasteiger partial charge in [-0.3, -0.25) is 10.4 Å². The lowest BCUT2D eigenvalue weighted by atomic mass is 10.2. The Balaban J connectivity index is 1.29. The zero-order valence-electron chi connectivity index (χ0n) is 14.4. The summed E-state index contributed by atoms with van der Waals surface area (Å²) in [6.07, 6.45) is 1.80. The maximum absolute atomic E-state index is 13.6. The van der Waals surface area contributed by atoms with Gasteiger partial charge < -0.3 is 10.2 Å². The van der Waals surface area contributed by atoms with Crippen molar-refractivity contribution in [1.29, 1.82) is 0 Å². The third-order valence-corrected chi connectivity index (χ3v) is 5.64. The number of thiazole rings is 1. The highest BCUT2D eigenvalue weighted by atomic mass is 32.1. The summed E-state index contributed by atoms with van der Waals surface area (Å²) in [6, 6.07) is 12.9. The first kappa shape index (κ1) is 16.2. The maximum atomic E-state index is 13.6. The molecule has 8 heteroatoms. The number of aryl methyl sites for hydroxylation is 1. The van der Waals surface area contributed by atoms with Crippen LogP contribution in [0.15, 0.2) is 52.6 Å². The number of hydrogen-bond acceptors (Lipinski definition) is 6. The monoisotopic (exact) mass is 380 g/mol. The van der Waals surface area contributed by atoms with Crippen LogP contribution in [0.1, 0.15) is 11.4 Å². The number of fused-ring (bicyclic) bond motifs is 4. The predicted octanol–water partition coefficient (Wildman–Crippen LogP) is 3.57. The largest absolute Gasteiger partial charge is 0.336 e. The fourth-order valence-corrected chi connectivity index (χ4v) is 4.28. The van der Waals surface area contributed by atoms with Crippen molar-refractivity contribution in [3.8, 4) is 0 Å². The summed E-state index contributed by atoms with van der Waals surface area (Å²) < 4.78 is 14.8. The van der Waals surface area contributed by atoms with Crippen molar-refractivity contribution in [2.24, 2.45) is 10.1 Å². The molecule has 0 radical (unpaired) electrons. The fraction of sp³-hybridized carbons (Fsp3) is 0.211. The van der Waals surface area contributed by atoms with Gasteiger partial charge in [0, 0.05) is 13.0 Å². The third kappa shape index (κ3) is 3.02. The Bertz CT molecular complexity index is 1040. The molecular formula is C19H17FN6S. The minimum atomic E-state index is -0.266. The number of benzene rings is 2. The molecule has 0 amide bonds. The van der Waals surface area contributed by atoms with Crippen molar-refractivity contribution in [2.45, 2.75) is 12.8 Å². The predicted molar refractivity (Wildman–Crippen MR) is 108 cm³/mol. The third-order valence-electron chi connectivity index (χ3n) is 4.54. The maximum Gasteiger partial charge on any atom is 0.197 e. The van der Waals surface area contributed by atoms with Gasteiger partial charge in [0.15, 0.2) is 11.7 Å². The van der Waals surface area contributed by atoms with Crippen LogP contribution < -0.4 is 15.6 Å². The van der Waals surface area contributed by atoms with E-state index < -0.39 is 0 Å². The Morgan fingerprint density at radius 2 is 2.15 bits per heavy atom. The van der Waals surface area contributed by atoms with Crippen LogP contribution in [0.4, 0.5) is 15.8 Å². The summed E-state index contributed by atoms with van der Waals surface area (Å²) in [5.41, 5.74) is 5.61. The molecule has 27 heavy (non-hydrogen) atoms. The summed E-state index contributed by atoms with van der Waals surface area (Å²) in [5.74, 6) is 1.15. The van der Waals surface area contributed by atoms with Crippen LogP contribution >= 0.6 is 11.3 Å². The van der Waals surface area contributed by atoms with Gasteiger partial charge in [0.05, 0.1) is 26.6 Å². The molecule has 2 N–H and O–H groups in total. The van der Waals surface area contributed by atoms with Crippen LogP contribution in [-0.4, -0.2) is 29.9 Å². The quantitative estimate of drug-likeness (QED) is 0.679. The Hall–Kier alpha value is -3.00. The van der Waals surface area contributed by atoms with E-state index in [0.29, 0.717) is 24.9 Å². The number of hydrazone groups is 1. The standard InChI is InChI=1S/C19H17FN6S/c20-12-7-8-13-15(10-12)26-11-22-25-19(26)18(24-13)21-9-3-6-17-23-14-4-1-2-5-16(14)27-17/h1-2,4-5,7-8,10,22H,3,6,9,11H2,(H,21,24). The van der Waals surface area contributed by atoms with Gasteiger partial charge in [-0.25, -0.2) is 9.37 Å². The van der Waals surface area contributed by atoms with Crippen LogP contribution in [0.3, 0.4) is 0 Å². The van der Waals surface area contributed by atoms with Crippen molar-refractivity contribution in [1.82, 2.24) is 10.4 Å². The number of nitrogens with zero attached hydrogens (tertiary/aromatic N) is 4. The lowest BCUT2D eigenvalue weighted by Crippen LogP contribution is -2.42. The number of amidine groups is 2. The summed E-state index contributed by atoms with van der Waals surface area (Å²) in [5, 5.41) is 8.71. The van der Waals surface area contributed by atoms with Crippen molar-refractivity contribution < 1.29 is 4.39 Å². The van der Waals surface area contributed by atoms with Crippen molar-refractivity contribution in [3.05, 3.63) is 53.3 Å². The van der Waals surface area contributed by atoms with E-state index >= 15 is 0 Å². The highest BCUT2D eigenvalue weighted by Gasteiger charge is 2.30. The van der Waals surface area contributed by atoms with Gasteiger partial charge in [-0.15, -0.1) is 11.3 Å². The SMILES string of the molecule is Fc1ccc2c(c1)N1CNN=C1C(=NCCCc1nc3ccccc3s1)N2. The topological polar surface area (TPSA) is 64.9 Å². The van der Waals surface area contributed by atoms with E-state index in [-0.39, 0.29) is 5.82 Å². The Morgan fingerprint density at radius 3 is 3.07 bits per heavy atom. The zero-order chi connectivity index (χ0) is 18.2. The molecule has 6 nitrogen and oxygen atoms in total. The Kier molecular flexibility index (Phi) is 3.97. The van der Waals surface area contributed by atoms with Crippen LogP contribution in [0.5, 0.6) is 0 Å². The second kappa shape index (κ2) is 6.62. The molecular weight excluding hydrogens is 363 g/mol. The van der Waals surface area contributed by atoms with Gasteiger partial charge in [-0.2, -0.15) is 5.10 Å². The van der Waals surface area contributed by atoms with Crippen LogP contribution in [-0.2, 0) is 6.42 Å². The van der Waals surface area contributed by atoms with Gasteiger partial charge in [0.2, 0.25) is 0 Å². The minimum Gasteiger partial charge on any atom is -0.336 e. The average molecular weight is 380 g/mol. The van der Waals surface area contributed by atoms with Crippen molar-refractivity contribution in [2.75, 3.05) is 23.4 Å². The van der Waals surface area contributed by atoms with Gasteiger partial charge in [0.1, 0.15) is 12.5 Å². The van der Waals surface area contributed by atoms with Crippen molar-refractivity contribution >= 4 is 44.6 Å². The highest BCUT2D eigenvalue weighted by Crippen LogP contribution is 2.32. The van der Waals surface area contributed by atoms with E-state index in [4.69, 9.17) is 4.99 Å². The molecule has 2 aliphatic heterocycles. The average Bonchev–Trinajstić information content (AvgIpc) is 3.32. The Labute approximate surface area is 159 Å². The van der Waals surface area contributed by atoms with Crippen LogP contribution in [0, 0.1) is 5.82 Å². The van der Waals surface area contributed by atoms with E-state index in [9.17, 15) is 4.39 Å². The fourth-order valence-electron chi connectivity index (χ4n) is 3.27. The van der Waals surface area contributed by atoms with Gasteiger partial charge in [-0.05, 0) is 36.8 Å². The molecule has 3 aromatic rings. The van der Waals surface area contributed by atoms with Gasteiger partial charge >= 0.3 is 0 Å². The van der Waals surface area contributed by atoms with Crippen molar-refractivity contribution in [3.63, 3.8) is 0 Å². The smallest absolute Gasteiger partial charge is 0.197 e. The molecule has 0 spiro atoms. The molecule has 1 aromatic heterocycles. The Morgan fingerprint density at radius 1 is 1.22 bits per heavy atom. The molecule has 5 rings (SSSR count). The number of rotatable bonds is 4. The number of aromatic nitrogens is 1. The second-order valence-corrected chi connectivity index (χ2v) is 7.49. The lowest BCUT2D eigenvalue weighted by Gasteiger charge is -2.28. The van der Waals surface area contributed by atoms with E-state index in [1.165, 1.54) is 16.8 Å². The normalized spacial score (nSPS) is 16.7. The van der Waals surface area contributed by atoms with Crippen LogP contribution in [0.25, 0.3) is 10.2 Å². The van der Waals surface area contributed by atoms with Crippen LogP contribution in [0.2, 0.25) is 0 Å². The van der Waals surface area contributed by atoms with Gasteiger partial charge in [-0.1, -0.05) is 12.1 Å². The second-order valence-electron chi connectivity index (χ2n) is 6.38. The minimum absolute atomic E-state index is 0.266. The molecule has 0 saturated heterocycles. The summed E-state index contributed by atoms with van der Waals surface area (Å²) in [7, 11) is 0. The lowest BCUT2D eigenvalue weighted by molar-refractivity contribution is 0.627. The number of para-hydroxylation sites is 1. The molecule has 0 atom stereocenters. The molecule has 0 saturated carbocycles. The number of hydrogen-bond donors (Lipinski definition) is 2. The molecule has 0 aliphatic carbocycles. The van der Waals surface area contributed by atoms with E-state index in [0.717, 1.165) is 34.7 Å². The molecule has 2 aliphatic rings. The number of anilines is 2. The molecule has 0 fully saturated rings. The molecule has 3 heterocycles. The summed E-state index contributed by atoms with van der Waals surface area (Å²) in [6.45, 7) is 1.18.